The van der Waals surface area contributed by atoms with Gasteiger partial charge in [0.2, 0.25) is 11.9 Å². The molecule has 0 unspecified atom stereocenters. The summed E-state index contributed by atoms with van der Waals surface area (Å²) < 4.78 is 17.7. The van der Waals surface area contributed by atoms with Crippen LogP contribution in [0.2, 0.25) is 0 Å². The van der Waals surface area contributed by atoms with Crippen molar-refractivity contribution in [1.82, 2.24) is 20.2 Å². The van der Waals surface area contributed by atoms with E-state index in [-0.39, 0.29) is 23.9 Å². The van der Waals surface area contributed by atoms with Gasteiger partial charge in [0.05, 0.1) is 17.2 Å². The number of hydrogen-bond donors (Lipinski definition) is 1. The highest BCUT2D eigenvalue weighted by Crippen LogP contribution is 2.36. The Morgan fingerprint density at radius 2 is 1.66 bits per heavy atom. The lowest BCUT2D eigenvalue weighted by molar-refractivity contribution is -0.133. The van der Waals surface area contributed by atoms with Crippen molar-refractivity contribution in [3.8, 4) is 0 Å². The third-order valence-electron chi connectivity index (χ3n) is 7.44. The fraction of sp³-hybridized carbons (Fsp3) is 0.778. The summed E-state index contributed by atoms with van der Waals surface area (Å²) in [5.74, 6) is 0.419. The zero-order valence-corrected chi connectivity index (χ0v) is 25.0. The van der Waals surface area contributed by atoms with Crippen LogP contribution >= 0.6 is 0 Å². The van der Waals surface area contributed by atoms with Crippen molar-refractivity contribution < 1.29 is 23.6 Å². The van der Waals surface area contributed by atoms with Crippen LogP contribution in [-0.4, -0.2) is 82.0 Å². The van der Waals surface area contributed by atoms with Crippen LogP contribution in [0.1, 0.15) is 82.6 Å². The van der Waals surface area contributed by atoms with Gasteiger partial charge < -0.3 is 29.2 Å². The van der Waals surface area contributed by atoms with E-state index in [0.29, 0.717) is 19.0 Å². The summed E-state index contributed by atoms with van der Waals surface area (Å²) in [6, 6.07) is -0.485. The van der Waals surface area contributed by atoms with Gasteiger partial charge >= 0.3 is 13.2 Å². The Hall–Kier alpha value is -2.40. The number of anilines is 1. The number of carbonyl (C=O) groups is 2. The highest BCUT2D eigenvalue weighted by Gasteiger charge is 2.52. The zero-order valence-electron chi connectivity index (χ0n) is 25.0. The highest BCUT2D eigenvalue weighted by molar-refractivity contribution is 6.61. The van der Waals surface area contributed by atoms with Crippen LogP contribution < -0.4 is 15.7 Å². The van der Waals surface area contributed by atoms with Crippen LogP contribution in [0.3, 0.4) is 0 Å². The molecule has 1 N–H and O–H groups in total. The van der Waals surface area contributed by atoms with Gasteiger partial charge in [-0.25, -0.2) is 14.8 Å². The van der Waals surface area contributed by atoms with E-state index in [1.807, 2.05) is 46.4 Å². The van der Waals surface area contributed by atoms with Crippen molar-refractivity contribution >= 4 is 30.5 Å². The predicted molar refractivity (Wildman–Crippen MR) is 148 cm³/mol. The standard InChI is InChI=1S/C27H46BN5O5/c1-17(2)21(31-24(35)36-25(5,6)7)22(34)32-13-12-20(16-32)33(18(3)4)23-29-14-19(15-30-23)28-37-26(8,9)27(10,11)38-28/h14-15,17-18,20-21H,12-13,16H2,1-11H3,(H,31,35)/t20-,21-/m0/s1. The molecule has 1 aromatic rings. The van der Waals surface area contributed by atoms with Gasteiger partial charge in [0, 0.05) is 37.0 Å². The Bertz CT molecular complexity index is 977. The van der Waals surface area contributed by atoms with Crippen LogP contribution in [-0.2, 0) is 18.8 Å². The van der Waals surface area contributed by atoms with Crippen molar-refractivity contribution in [2.45, 2.75) is 118 Å². The molecule has 2 amide bonds. The van der Waals surface area contributed by atoms with Gasteiger partial charge in [-0.15, -0.1) is 0 Å². The van der Waals surface area contributed by atoms with Crippen LogP contribution in [0.4, 0.5) is 10.7 Å². The number of likely N-dealkylation sites (tertiary alicyclic amines) is 1. The first-order chi connectivity index (χ1) is 17.4. The molecule has 0 radical (unpaired) electrons. The zero-order chi connectivity index (χ0) is 28.6. The Balaban J connectivity index is 1.70. The first-order valence-electron chi connectivity index (χ1n) is 13.7. The smallest absolute Gasteiger partial charge is 0.444 e. The lowest BCUT2D eigenvalue weighted by Gasteiger charge is -2.33. The van der Waals surface area contributed by atoms with E-state index in [0.717, 1.165) is 11.9 Å². The van der Waals surface area contributed by atoms with E-state index in [4.69, 9.17) is 14.0 Å². The third kappa shape index (κ3) is 6.78. The number of amides is 2. The molecule has 3 heterocycles. The largest absolute Gasteiger partial charge is 0.498 e. The maximum absolute atomic E-state index is 13.4. The summed E-state index contributed by atoms with van der Waals surface area (Å²) in [6.45, 7) is 22.6. The molecule has 212 valence electrons. The number of alkyl carbamates (subject to hydrolysis) is 1. The third-order valence-corrected chi connectivity index (χ3v) is 7.44. The molecule has 0 spiro atoms. The van der Waals surface area contributed by atoms with E-state index >= 15 is 0 Å². The van der Waals surface area contributed by atoms with Gasteiger partial charge in [-0.3, -0.25) is 4.79 Å². The average molecular weight is 532 g/mol. The fourth-order valence-electron chi connectivity index (χ4n) is 4.70. The summed E-state index contributed by atoms with van der Waals surface area (Å²) in [5.41, 5.74) is -0.741. The minimum absolute atomic E-state index is 0.0518. The maximum atomic E-state index is 13.4. The van der Waals surface area contributed by atoms with Crippen molar-refractivity contribution in [1.29, 1.82) is 0 Å². The molecule has 0 aliphatic carbocycles. The number of carbonyl (C=O) groups excluding carboxylic acids is 2. The molecular weight excluding hydrogens is 485 g/mol. The van der Waals surface area contributed by atoms with Crippen LogP contribution in [0.5, 0.6) is 0 Å². The molecule has 10 nitrogen and oxygen atoms in total. The number of nitrogens with one attached hydrogen (secondary N) is 1. The van der Waals surface area contributed by atoms with Gasteiger partial charge in [-0.2, -0.15) is 0 Å². The monoisotopic (exact) mass is 531 g/mol. The second kappa shape index (κ2) is 11.0. The van der Waals surface area contributed by atoms with Gasteiger partial charge in [-0.1, -0.05) is 13.8 Å². The number of hydrogen-bond acceptors (Lipinski definition) is 8. The van der Waals surface area contributed by atoms with E-state index in [9.17, 15) is 9.59 Å². The Morgan fingerprint density at radius 1 is 1.11 bits per heavy atom. The Kier molecular flexibility index (Phi) is 8.73. The average Bonchev–Trinajstić information content (AvgIpc) is 3.32. The summed E-state index contributed by atoms with van der Waals surface area (Å²) in [4.78, 5) is 39.1. The summed E-state index contributed by atoms with van der Waals surface area (Å²) in [6.07, 6.45) is 3.72. The maximum Gasteiger partial charge on any atom is 0.498 e. The van der Waals surface area contributed by atoms with Crippen molar-refractivity contribution in [3.05, 3.63) is 12.4 Å². The fourth-order valence-corrected chi connectivity index (χ4v) is 4.70. The first kappa shape index (κ1) is 30.2. The topological polar surface area (TPSA) is 106 Å². The summed E-state index contributed by atoms with van der Waals surface area (Å²) in [7, 11) is -0.522. The van der Waals surface area contributed by atoms with Crippen molar-refractivity contribution in [3.63, 3.8) is 0 Å². The van der Waals surface area contributed by atoms with Crippen LogP contribution in [0, 0.1) is 5.92 Å². The SMILES string of the molecule is CC(C)[C@H](NC(=O)OC(C)(C)C)C(=O)N1CC[C@H](N(c2ncc(B3OC(C)(C)C(C)(C)O3)cn2)C(C)C)C1. The van der Waals surface area contributed by atoms with E-state index < -0.39 is 36.1 Å². The van der Waals surface area contributed by atoms with Crippen LogP contribution in [0.25, 0.3) is 0 Å². The van der Waals surface area contributed by atoms with E-state index in [1.54, 1.807) is 33.2 Å². The lowest BCUT2D eigenvalue weighted by Crippen LogP contribution is -2.52. The molecule has 2 aliphatic heterocycles. The molecule has 1 aromatic heterocycles. The number of aromatic nitrogens is 2. The minimum atomic E-state index is -0.661. The van der Waals surface area contributed by atoms with Crippen molar-refractivity contribution in [2.75, 3.05) is 18.0 Å². The molecule has 0 bridgehead atoms. The second-order valence-electron chi connectivity index (χ2n) is 13.0. The van der Waals surface area contributed by atoms with E-state index in [2.05, 4.69) is 34.0 Å². The van der Waals surface area contributed by atoms with Gasteiger partial charge in [0.1, 0.15) is 11.6 Å². The predicted octanol–water partition coefficient (Wildman–Crippen LogP) is 3.14. The highest BCUT2D eigenvalue weighted by atomic mass is 16.7. The van der Waals surface area contributed by atoms with E-state index in [1.165, 1.54) is 0 Å². The van der Waals surface area contributed by atoms with Gasteiger partial charge in [0.25, 0.3) is 0 Å². The Morgan fingerprint density at radius 3 is 2.13 bits per heavy atom. The molecule has 3 rings (SSSR count). The quantitative estimate of drug-likeness (QED) is 0.535. The summed E-state index contributed by atoms with van der Waals surface area (Å²) >= 11 is 0. The van der Waals surface area contributed by atoms with Crippen molar-refractivity contribution in [2.24, 2.45) is 5.92 Å². The minimum Gasteiger partial charge on any atom is -0.444 e. The first-order valence-corrected chi connectivity index (χ1v) is 13.7. The summed E-state index contributed by atoms with van der Waals surface area (Å²) in [5, 5.41) is 2.78. The molecule has 2 saturated heterocycles. The molecular formula is C27H46BN5O5. The Labute approximate surface area is 228 Å². The molecule has 2 atom stereocenters. The number of ether oxygens (including phenoxy) is 1. The molecule has 0 aromatic carbocycles. The number of rotatable bonds is 7. The van der Waals surface area contributed by atoms with Gasteiger partial charge in [-0.05, 0) is 74.7 Å². The normalized spacial score (nSPS) is 21.7. The molecule has 2 aliphatic rings. The lowest BCUT2D eigenvalue weighted by atomic mass is 9.81. The molecule has 38 heavy (non-hydrogen) atoms. The molecule has 11 heteroatoms. The molecule has 2 fully saturated rings. The molecule has 0 saturated carbocycles. The van der Waals surface area contributed by atoms with Crippen LogP contribution in [0.15, 0.2) is 12.4 Å². The van der Waals surface area contributed by atoms with Gasteiger partial charge in [0.15, 0.2) is 0 Å². The number of nitrogens with zero attached hydrogens (tertiary/aromatic N) is 4. The second-order valence-corrected chi connectivity index (χ2v) is 13.0.